The molecule has 1 rings (SSSR count). The largest absolute Gasteiger partial charge is 0.478 e. The summed E-state index contributed by atoms with van der Waals surface area (Å²) in [6.45, 7) is 2.05. The normalized spacial score (nSPS) is 25.5. The van der Waals surface area contributed by atoms with Gasteiger partial charge in [0.25, 0.3) is 0 Å². The average Bonchev–Trinajstić information content (AvgIpc) is 1.94. The molecule has 1 unspecified atom stereocenters. The van der Waals surface area contributed by atoms with Gasteiger partial charge in [0.15, 0.2) is 0 Å². The first-order valence-corrected chi connectivity index (χ1v) is 4.10. The highest BCUT2D eigenvalue weighted by Crippen LogP contribution is 2.31. The van der Waals surface area contributed by atoms with E-state index >= 15 is 0 Å². The SMILES string of the molecule is CC1CCC(Cl)=C(C(=O)O)C1. The van der Waals surface area contributed by atoms with Crippen LogP contribution in [-0.4, -0.2) is 11.1 Å². The number of hydrogen-bond acceptors (Lipinski definition) is 1. The second kappa shape index (κ2) is 3.26. The summed E-state index contributed by atoms with van der Waals surface area (Å²) in [5.41, 5.74) is 0.408. The maximum atomic E-state index is 10.6. The first kappa shape index (κ1) is 8.60. The van der Waals surface area contributed by atoms with Crippen LogP contribution < -0.4 is 0 Å². The van der Waals surface area contributed by atoms with Crippen LogP contribution >= 0.6 is 11.6 Å². The molecule has 0 radical (unpaired) electrons. The fourth-order valence-electron chi connectivity index (χ4n) is 1.29. The van der Waals surface area contributed by atoms with Crippen molar-refractivity contribution in [1.82, 2.24) is 0 Å². The Morgan fingerprint density at radius 3 is 2.82 bits per heavy atom. The molecule has 62 valence electrons. The van der Waals surface area contributed by atoms with Crippen LogP contribution in [0.1, 0.15) is 26.2 Å². The molecule has 3 heteroatoms. The lowest BCUT2D eigenvalue weighted by molar-refractivity contribution is -0.133. The third-order valence-corrected chi connectivity index (χ3v) is 2.41. The van der Waals surface area contributed by atoms with Gasteiger partial charge in [-0.15, -0.1) is 0 Å². The summed E-state index contributed by atoms with van der Waals surface area (Å²) < 4.78 is 0. The molecule has 0 saturated carbocycles. The van der Waals surface area contributed by atoms with E-state index in [4.69, 9.17) is 16.7 Å². The molecule has 0 bridgehead atoms. The minimum Gasteiger partial charge on any atom is -0.478 e. The van der Waals surface area contributed by atoms with Crippen molar-refractivity contribution in [2.45, 2.75) is 26.2 Å². The molecule has 0 amide bonds. The monoisotopic (exact) mass is 174 g/mol. The van der Waals surface area contributed by atoms with E-state index in [0.29, 0.717) is 22.9 Å². The molecule has 0 aliphatic heterocycles. The highest BCUT2D eigenvalue weighted by atomic mass is 35.5. The first-order valence-electron chi connectivity index (χ1n) is 3.72. The molecule has 2 nitrogen and oxygen atoms in total. The molecule has 0 saturated heterocycles. The van der Waals surface area contributed by atoms with E-state index < -0.39 is 5.97 Å². The molecule has 0 heterocycles. The van der Waals surface area contributed by atoms with Gasteiger partial charge in [-0.2, -0.15) is 0 Å². The van der Waals surface area contributed by atoms with Crippen molar-refractivity contribution in [3.05, 3.63) is 10.6 Å². The van der Waals surface area contributed by atoms with Gasteiger partial charge in [-0.05, 0) is 25.2 Å². The summed E-state index contributed by atoms with van der Waals surface area (Å²) in [5, 5.41) is 9.22. The molecule has 11 heavy (non-hydrogen) atoms. The standard InChI is InChI=1S/C8H11ClO2/c1-5-2-3-7(9)6(4-5)8(10)11/h5H,2-4H2,1H3,(H,10,11). The molecule has 0 spiro atoms. The fourth-order valence-corrected chi connectivity index (χ4v) is 1.56. The second-order valence-electron chi connectivity index (χ2n) is 3.04. The molecule has 1 aliphatic rings. The summed E-state index contributed by atoms with van der Waals surface area (Å²) in [6.07, 6.45) is 2.36. The van der Waals surface area contributed by atoms with Gasteiger partial charge >= 0.3 is 5.97 Å². The lowest BCUT2D eigenvalue weighted by Gasteiger charge is -2.18. The van der Waals surface area contributed by atoms with Crippen LogP contribution in [0.4, 0.5) is 0 Å². The van der Waals surface area contributed by atoms with E-state index in [1.807, 2.05) is 6.92 Å². The molecule has 0 aromatic carbocycles. The van der Waals surface area contributed by atoms with Gasteiger partial charge in [0.1, 0.15) is 0 Å². The number of halogens is 1. The predicted molar refractivity (Wildman–Crippen MR) is 43.5 cm³/mol. The zero-order chi connectivity index (χ0) is 8.43. The summed E-state index contributed by atoms with van der Waals surface area (Å²) in [6, 6.07) is 0. The van der Waals surface area contributed by atoms with Crippen molar-refractivity contribution in [2.75, 3.05) is 0 Å². The smallest absolute Gasteiger partial charge is 0.332 e. The number of carboxylic acid groups (broad SMARTS) is 1. The second-order valence-corrected chi connectivity index (χ2v) is 3.49. The van der Waals surface area contributed by atoms with Crippen LogP contribution in [-0.2, 0) is 4.79 Å². The van der Waals surface area contributed by atoms with E-state index in [2.05, 4.69) is 0 Å². The Morgan fingerprint density at radius 2 is 2.36 bits per heavy atom. The predicted octanol–water partition coefficient (Wildman–Crippen LogP) is 2.38. The summed E-state index contributed by atoms with van der Waals surface area (Å²) >= 11 is 5.74. The van der Waals surface area contributed by atoms with Crippen molar-refractivity contribution in [2.24, 2.45) is 5.92 Å². The molecule has 0 aromatic heterocycles. The van der Waals surface area contributed by atoms with Crippen molar-refractivity contribution < 1.29 is 9.90 Å². The summed E-state index contributed by atoms with van der Waals surface area (Å²) in [4.78, 5) is 10.6. The fraction of sp³-hybridized carbons (Fsp3) is 0.625. The van der Waals surface area contributed by atoms with Gasteiger partial charge in [0.2, 0.25) is 0 Å². The van der Waals surface area contributed by atoms with Crippen molar-refractivity contribution in [3.63, 3.8) is 0 Å². The van der Waals surface area contributed by atoms with Crippen LogP contribution in [0.3, 0.4) is 0 Å². The van der Waals surface area contributed by atoms with Crippen LogP contribution in [0, 0.1) is 5.92 Å². The molecule has 0 aromatic rings. The van der Waals surface area contributed by atoms with Crippen LogP contribution in [0.5, 0.6) is 0 Å². The highest BCUT2D eigenvalue weighted by molar-refractivity contribution is 6.31. The van der Waals surface area contributed by atoms with E-state index in [0.717, 1.165) is 12.8 Å². The maximum Gasteiger partial charge on any atom is 0.332 e. The zero-order valence-corrected chi connectivity index (χ0v) is 7.19. The first-order chi connectivity index (χ1) is 5.11. The molecular weight excluding hydrogens is 164 g/mol. The van der Waals surface area contributed by atoms with Crippen LogP contribution in [0.15, 0.2) is 10.6 Å². The van der Waals surface area contributed by atoms with Gasteiger partial charge in [-0.3, -0.25) is 0 Å². The Balaban J connectivity index is 2.80. The number of rotatable bonds is 1. The third-order valence-electron chi connectivity index (χ3n) is 1.99. The Bertz CT molecular complexity index is 208. The molecule has 0 fully saturated rings. The van der Waals surface area contributed by atoms with E-state index in [9.17, 15) is 4.79 Å². The van der Waals surface area contributed by atoms with E-state index in [-0.39, 0.29) is 0 Å². The van der Waals surface area contributed by atoms with Gasteiger partial charge < -0.3 is 5.11 Å². The third kappa shape index (κ3) is 1.96. The molecule has 1 N–H and O–H groups in total. The van der Waals surface area contributed by atoms with Crippen LogP contribution in [0.25, 0.3) is 0 Å². The van der Waals surface area contributed by atoms with Gasteiger partial charge in [-0.1, -0.05) is 18.5 Å². The number of hydrogen-bond donors (Lipinski definition) is 1. The average molecular weight is 175 g/mol. The topological polar surface area (TPSA) is 37.3 Å². The van der Waals surface area contributed by atoms with Crippen molar-refractivity contribution in [1.29, 1.82) is 0 Å². The molecular formula is C8H11ClO2. The Kier molecular flexibility index (Phi) is 2.55. The number of aliphatic carboxylic acids is 1. The van der Waals surface area contributed by atoms with Gasteiger partial charge in [0, 0.05) is 5.03 Å². The lowest BCUT2D eigenvalue weighted by atomic mass is 9.90. The zero-order valence-electron chi connectivity index (χ0n) is 6.43. The number of allylic oxidation sites excluding steroid dienone is 1. The Morgan fingerprint density at radius 1 is 1.73 bits per heavy atom. The van der Waals surface area contributed by atoms with Crippen LogP contribution in [0.2, 0.25) is 0 Å². The summed E-state index contributed by atoms with van der Waals surface area (Å²) in [5.74, 6) is -0.398. The molecule has 1 atom stereocenters. The lowest BCUT2D eigenvalue weighted by Crippen LogP contribution is -2.12. The van der Waals surface area contributed by atoms with Crippen molar-refractivity contribution in [3.8, 4) is 0 Å². The number of carboxylic acids is 1. The molecule has 1 aliphatic carbocycles. The maximum absolute atomic E-state index is 10.6. The Labute approximate surface area is 70.9 Å². The number of carbonyl (C=O) groups is 1. The highest BCUT2D eigenvalue weighted by Gasteiger charge is 2.21. The minimum atomic E-state index is -0.860. The Hall–Kier alpha value is -0.500. The van der Waals surface area contributed by atoms with E-state index in [1.54, 1.807) is 0 Å². The quantitative estimate of drug-likeness (QED) is 0.663. The van der Waals surface area contributed by atoms with Gasteiger partial charge in [-0.25, -0.2) is 4.79 Å². The van der Waals surface area contributed by atoms with E-state index in [1.165, 1.54) is 0 Å². The minimum absolute atomic E-state index is 0.408. The summed E-state index contributed by atoms with van der Waals surface area (Å²) in [7, 11) is 0. The van der Waals surface area contributed by atoms with Gasteiger partial charge in [0.05, 0.1) is 5.57 Å². The van der Waals surface area contributed by atoms with Crippen molar-refractivity contribution >= 4 is 17.6 Å².